The van der Waals surface area contributed by atoms with Gasteiger partial charge in [0.2, 0.25) is 5.91 Å². The number of fused-ring (bicyclic) bond motifs is 1. The van der Waals surface area contributed by atoms with Crippen LogP contribution in [0.5, 0.6) is 0 Å². The molecule has 1 amide bonds. The molecule has 3 aromatic rings. The van der Waals surface area contributed by atoms with Crippen molar-refractivity contribution >= 4 is 16.8 Å². The molecule has 6 heteroatoms. The molecule has 1 aliphatic rings. The van der Waals surface area contributed by atoms with Gasteiger partial charge in [0.1, 0.15) is 6.54 Å². The number of benzene rings is 1. The highest BCUT2D eigenvalue weighted by atomic mass is 16.2. The lowest BCUT2D eigenvalue weighted by atomic mass is 9.90. The summed E-state index contributed by atoms with van der Waals surface area (Å²) in [5.41, 5.74) is 2.01. The van der Waals surface area contributed by atoms with Gasteiger partial charge < -0.3 is 9.47 Å². The topological polar surface area (TPSA) is 60.1 Å². The van der Waals surface area contributed by atoms with Crippen molar-refractivity contribution in [3.8, 4) is 0 Å². The fraction of sp³-hybridized carbons (Fsp3) is 0.350. The number of piperidine rings is 1. The maximum Gasteiger partial charge on any atom is 0.250 e. The molecule has 0 spiro atoms. The highest BCUT2D eigenvalue weighted by molar-refractivity contribution is 5.80. The molecule has 1 fully saturated rings. The second kappa shape index (κ2) is 6.78. The molecular formula is C20H22N4O2. The second-order valence-electron chi connectivity index (χ2n) is 6.95. The lowest BCUT2D eigenvalue weighted by Gasteiger charge is -2.32. The fourth-order valence-corrected chi connectivity index (χ4v) is 3.62. The monoisotopic (exact) mass is 350 g/mol. The normalized spacial score (nSPS) is 15.5. The van der Waals surface area contributed by atoms with E-state index in [4.69, 9.17) is 0 Å². The molecule has 0 N–H and O–H groups in total. The highest BCUT2D eigenvalue weighted by Crippen LogP contribution is 2.27. The predicted octanol–water partition coefficient (Wildman–Crippen LogP) is 2.14. The summed E-state index contributed by atoms with van der Waals surface area (Å²) in [6, 6.07) is 11.6. The van der Waals surface area contributed by atoms with Crippen LogP contribution < -0.4 is 5.56 Å². The Morgan fingerprint density at radius 2 is 1.96 bits per heavy atom. The van der Waals surface area contributed by atoms with Gasteiger partial charge >= 0.3 is 0 Å². The largest absolute Gasteiger partial charge is 0.341 e. The first-order valence-corrected chi connectivity index (χ1v) is 8.97. The lowest BCUT2D eigenvalue weighted by Crippen LogP contribution is -2.40. The molecule has 0 atom stereocenters. The highest BCUT2D eigenvalue weighted by Gasteiger charge is 2.24. The second-order valence-corrected chi connectivity index (χ2v) is 6.95. The van der Waals surface area contributed by atoms with E-state index in [9.17, 15) is 9.59 Å². The molecule has 6 nitrogen and oxygen atoms in total. The van der Waals surface area contributed by atoms with Crippen molar-refractivity contribution in [1.29, 1.82) is 0 Å². The zero-order chi connectivity index (χ0) is 18.1. The molecule has 0 unspecified atom stereocenters. The summed E-state index contributed by atoms with van der Waals surface area (Å²) in [4.78, 5) is 26.3. The van der Waals surface area contributed by atoms with E-state index in [-0.39, 0.29) is 18.0 Å². The van der Waals surface area contributed by atoms with Crippen LogP contribution >= 0.6 is 0 Å². The number of rotatable bonds is 3. The number of likely N-dealkylation sites (tertiary alicyclic amines) is 1. The Morgan fingerprint density at radius 1 is 1.19 bits per heavy atom. The van der Waals surface area contributed by atoms with Gasteiger partial charge in [0.15, 0.2) is 0 Å². The third kappa shape index (κ3) is 3.27. The Kier molecular flexibility index (Phi) is 4.32. The van der Waals surface area contributed by atoms with Crippen LogP contribution in [-0.4, -0.2) is 38.2 Å². The minimum atomic E-state index is 0.0201. The van der Waals surface area contributed by atoms with Crippen molar-refractivity contribution in [3.05, 3.63) is 64.7 Å². The number of aryl methyl sites for hydroxylation is 1. The minimum Gasteiger partial charge on any atom is -0.341 e. The molecule has 26 heavy (non-hydrogen) atoms. The molecule has 0 aliphatic carbocycles. The van der Waals surface area contributed by atoms with Gasteiger partial charge in [-0.25, -0.2) is 0 Å². The standard InChI is InChI=1S/C20H22N4O2/c1-22-9-6-16(12-19(22)25)15-7-10-23(11-8-15)20(26)14-24-13-17-4-2-3-5-18(17)21-24/h2-6,9,12-13,15H,7-8,10-11,14H2,1H3. The number of carbonyl (C=O) groups is 1. The van der Waals surface area contributed by atoms with Crippen molar-refractivity contribution < 1.29 is 4.79 Å². The lowest BCUT2D eigenvalue weighted by molar-refractivity contribution is -0.133. The average Bonchev–Trinajstić information content (AvgIpc) is 3.06. The van der Waals surface area contributed by atoms with E-state index in [1.54, 1.807) is 22.4 Å². The molecule has 0 saturated carbocycles. The van der Waals surface area contributed by atoms with Gasteiger partial charge in [-0.2, -0.15) is 5.10 Å². The third-order valence-corrected chi connectivity index (χ3v) is 5.21. The van der Waals surface area contributed by atoms with Crippen molar-refractivity contribution in [2.24, 2.45) is 7.05 Å². The third-order valence-electron chi connectivity index (χ3n) is 5.21. The summed E-state index contributed by atoms with van der Waals surface area (Å²) in [7, 11) is 1.76. The number of amides is 1. The Labute approximate surface area is 151 Å². The van der Waals surface area contributed by atoms with Crippen LogP contribution in [0.1, 0.15) is 24.3 Å². The first kappa shape index (κ1) is 16.6. The maximum atomic E-state index is 12.6. The van der Waals surface area contributed by atoms with Gasteiger partial charge in [-0.05, 0) is 36.5 Å². The number of hydrogen-bond donors (Lipinski definition) is 0. The SMILES string of the molecule is Cn1ccc(C2CCN(C(=O)Cn3cc4ccccc4n3)CC2)cc1=O. The summed E-state index contributed by atoms with van der Waals surface area (Å²) < 4.78 is 3.30. The van der Waals surface area contributed by atoms with E-state index in [0.29, 0.717) is 5.92 Å². The molecule has 1 aliphatic heterocycles. The van der Waals surface area contributed by atoms with E-state index < -0.39 is 0 Å². The molecular weight excluding hydrogens is 328 g/mol. The molecule has 1 aromatic carbocycles. The quantitative estimate of drug-likeness (QED) is 0.727. The maximum absolute atomic E-state index is 12.6. The predicted molar refractivity (Wildman–Crippen MR) is 100.0 cm³/mol. The van der Waals surface area contributed by atoms with Gasteiger partial charge in [-0.3, -0.25) is 14.3 Å². The first-order chi connectivity index (χ1) is 12.6. The smallest absolute Gasteiger partial charge is 0.250 e. The number of nitrogens with zero attached hydrogens (tertiary/aromatic N) is 4. The van der Waals surface area contributed by atoms with Gasteiger partial charge in [-0.15, -0.1) is 0 Å². The van der Waals surface area contributed by atoms with Crippen LogP contribution in [0.25, 0.3) is 10.9 Å². The van der Waals surface area contributed by atoms with E-state index in [1.807, 2.05) is 47.6 Å². The molecule has 4 rings (SSSR count). The van der Waals surface area contributed by atoms with E-state index in [0.717, 1.165) is 42.4 Å². The van der Waals surface area contributed by atoms with E-state index >= 15 is 0 Å². The van der Waals surface area contributed by atoms with E-state index in [1.165, 1.54) is 0 Å². The summed E-state index contributed by atoms with van der Waals surface area (Å²) in [6.45, 7) is 1.71. The zero-order valence-corrected chi connectivity index (χ0v) is 14.8. The molecule has 134 valence electrons. The molecule has 0 radical (unpaired) electrons. The summed E-state index contributed by atoms with van der Waals surface area (Å²) in [6.07, 6.45) is 5.51. The molecule has 1 saturated heterocycles. The summed E-state index contributed by atoms with van der Waals surface area (Å²) >= 11 is 0. The molecule has 2 aromatic heterocycles. The van der Waals surface area contributed by atoms with E-state index in [2.05, 4.69) is 5.10 Å². The van der Waals surface area contributed by atoms with Crippen LogP contribution in [0, 0.1) is 0 Å². The zero-order valence-electron chi connectivity index (χ0n) is 14.8. The molecule has 0 bridgehead atoms. The Balaban J connectivity index is 1.38. The number of hydrogen-bond acceptors (Lipinski definition) is 3. The van der Waals surface area contributed by atoms with Crippen molar-refractivity contribution in [3.63, 3.8) is 0 Å². The van der Waals surface area contributed by atoms with Crippen LogP contribution in [0.2, 0.25) is 0 Å². The number of pyridine rings is 1. The van der Waals surface area contributed by atoms with Crippen molar-refractivity contribution in [2.75, 3.05) is 13.1 Å². The molecule has 3 heterocycles. The minimum absolute atomic E-state index is 0.0201. The fourth-order valence-electron chi connectivity index (χ4n) is 3.62. The van der Waals surface area contributed by atoms with Crippen LogP contribution in [0.3, 0.4) is 0 Å². The van der Waals surface area contributed by atoms with Gasteiger partial charge in [0, 0.05) is 44.0 Å². The Hall–Kier alpha value is -2.89. The van der Waals surface area contributed by atoms with Gasteiger partial charge in [0.25, 0.3) is 5.56 Å². The van der Waals surface area contributed by atoms with Crippen LogP contribution in [0.4, 0.5) is 0 Å². The van der Waals surface area contributed by atoms with Gasteiger partial charge in [0.05, 0.1) is 5.52 Å². The van der Waals surface area contributed by atoms with Crippen LogP contribution in [0.15, 0.2) is 53.6 Å². The Morgan fingerprint density at radius 3 is 2.69 bits per heavy atom. The van der Waals surface area contributed by atoms with Gasteiger partial charge in [-0.1, -0.05) is 18.2 Å². The van der Waals surface area contributed by atoms with Crippen molar-refractivity contribution in [2.45, 2.75) is 25.3 Å². The van der Waals surface area contributed by atoms with Crippen LogP contribution in [-0.2, 0) is 18.4 Å². The van der Waals surface area contributed by atoms with Crippen molar-refractivity contribution in [1.82, 2.24) is 19.2 Å². The summed E-state index contributed by atoms with van der Waals surface area (Å²) in [5.74, 6) is 0.445. The average molecular weight is 350 g/mol. The first-order valence-electron chi connectivity index (χ1n) is 8.97. The Bertz CT molecular complexity index is 963. The number of carbonyl (C=O) groups excluding carboxylic acids is 1. The number of aromatic nitrogens is 3. The summed E-state index contributed by atoms with van der Waals surface area (Å²) in [5, 5.41) is 5.51.